The van der Waals surface area contributed by atoms with Gasteiger partial charge in [0.2, 0.25) is 0 Å². The lowest BCUT2D eigenvalue weighted by Crippen LogP contribution is -2.06. The van der Waals surface area contributed by atoms with Gasteiger partial charge >= 0.3 is 11.9 Å². The number of carbonyl (C=O) groups is 2. The zero-order chi connectivity index (χ0) is 23.5. The summed E-state index contributed by atoms with van der Waals surface area (Å²) in [6.07, 6.45) is 24.8. The molecular weight excluding hydrogens is 400 g/mol. The van der Waals surface area contributed by atoms with Gasteiger partial charge in [-0.25, -0.2) is 0 Å². The smallest absolute Gasteiger partial charge is 0.305 e. The molecule has 0 unspecified atom stereocenters. The van der Waals surface area contributed by atoms with Crippen molar-refractivity contribution in [2.45, 2.75) is 155 Å². The van der Waals surface area contributed by atoms with E-state index in [1.54, 1.807) is 0 Å². The molecule has 190 valence electrons. The second-order valence-electron chi connectivity index (χ2n) is 9.30. The Kier molecular flexibility index (Phi) is 25.3. The van der Waals surface area contributed by atoms with E-state index in [2.05, 4.69) is 13.8 Å². The molecule has 0 radical (unpaired) electrons. The van der Waals surface area contributed by atoms with Crippen molar-refractivity contribution in [2.24, 2.45) is 0 Å². The first-order valence-electron chi connectivity index (χ1n) is 14.0. The van der Waals surface area contributed by atoms with Crippen LogP contribution in [-0.2, 0) is 19.1 Å². The molecule has 0 saturated heterocycles. The third-order valence-corrected chi connectivity index (χ3v) is 6.03. The molecular formula is C28H54O4. The number of unbranched alkanes of at least 4 members (excludes halogenated alkanes) is 17. The van der Waals surface area contributed by atoms with E-state index in [1.807, 2.05) is 0 Å². The SMILES string of the molecule is CCCCCCCCCCCCOC(=O)CCCCCCCCC(=O)OCCCCCC. The number of hydrogen-bond acceptors (Lipinski definition) is 4. The van der Waals surface area contributed by atoms with Crippen molar-refractivity contribution in [3.8, 4) is 0 Å². The molecule has 0 rings (SSSR count). The van der Waals surface area contributed by atoms with Gasteiger partial charge in [-0.05, 0) is 25.7 Å². The van der Waals surface area contributed by atoms with E-state index in [0.29, 0.717) is 26.1 Å². The molecule has 0 bridgehead atoms. The summed E-state index contributed by atoms with van der Waals surface area (Å²) in [5, 5.41) is 0. The number of carbonyl (C=O) groups excluding carboxylic acids is 2. The molecule has 0 aliphatic rings. The van der Waals surface area contributed by atoms with E-state index < -0.39 is 0 Å². The maximum Gasteiger partial charge on any atom is 0.305 e. The molecule has 0 atom stereocenters. The summed E-state index contributed by atoms with van der Waals surface area (Å²) in [5.74, 6) is -0.0886. The Bertz CT molecular complexity index is 408. The van der Waals surface area contributed by atoms with Crippen LogP contribution in [0.4, 0.5) is 0 Å². The molecule has 0 N–H and O–H groups in total. The summed E-state index contributed by atoms with van der Waals surface area (Å²) in [6, 6.07) is 0. The Morgan fingerprint density at radius 1 is 0.406 bits per heavy atom. The lowest BCUT2D eigenvalue weighted by molar-refractivity contribution is -0.144. The van der Waals surface area contributed by atoms with Crippen LogP contribution < -0.4 is 0 Å². The van der Waals surface area contributed by atoms with Gasteiger partial charge in [-0.3, -0.25) is 9.59 Å². The third kappa shape index (κ3) is 25.2. The number of ether oxygens (including phenoxy) is 2. The predicted octanol–water partition coefficient (Wildman–Crippen LogP) is 8.69. The van der Waals surface area contributed by atoms with Gasteiger partial charge in [0.15, 0.2) is 0 Å². The van der Waals surface area contributed by atoms with E-state index in [0.717, 1.165) is 57.8 Å². The summed E-state index contributed by atoms with van der Waals surface area (Å²) >= 11 is 0. The maximum atomic E-state index is 11.8. The van der Waals surface area contributed by atoms with E-state index in [1.165, 1.54) is 70.6 Å². The molecule has 0 aliphatic heterocycles. The van der Waals surface area contributed by atoms with Gasteiger partial charge in [0, 0.05) is 12.8 Å². The zero-order valence-electron chi connectivity index (χ0n) is 21.6. The average molecular weight is 455 g/mol. The van der Waals surface area contributed by atoms with Crippen molar-refractivity contribution in [2.75, 3.05) is 13.2 Å². The largest absolute Gasteiger partial charge is 0.466 e. The molecule has 0 aromatic carbocycles. The number of esters is 2. The second-order valence-corrected chi connectivity index (χ2v) is 9.30. The molecule has 0 saturated carbocycles. The van der Waals surface area contributed by atoms with Crippen molar-refractivity contribution >= 4 is 11.9 Å². The van der Waals surface area contributed by atoms with E-state index >= 15 is 0 Å². The van der Waals surface area contributed by atoms with Gasteiger partial charge in [-0.2, -0.15) is 0 Å². The van der Waals surface area contributed by atoms with E-state index in [4.69, 9.17) is 9.47 Å². The van der Waals surface area contributed by atoms with Crippen LogP contribution in [0, 0.1) is 0 Å². The Balaban J connectivity index is 3.24. The highest BCUT2D eigenvalue weighted by Crippen LogP contribution is 2.12. The molecule has 0 aromatic heterocycles. The molecule has 4 nitrogen and oxygen atoms in total. The summed E-state index contributed by atoms with van der Waals surface area (Å²) < 4.78 is 10.6. The van der Waals surface area contributed by atoms with Crippen LogP contribution in [0.5, 0.6) is 0 Å². The fraction of sp³-hybridized carbons (Fsp3) is 0.929. The van der Waals surface area contributed by atoms with Crippen molar-refractivity contribution in [3.63, 3.8) is 0 Å². The fourth-order valence-electron chi connectivity index (χ4n) is 3.88. The minimum absolute atomic E-state index is 0.0393. The lowest BCUT2D eigenvalue weighted by Gasteiger charge is -2.06. The van der Waals surface area contributed by atoms with Gasteiger partial charge in [-0.1, -0.05) is 117 Å². The first-order valence-corrected chi connectivity index (χ1v) is 14.0. The summed E-state index contributed by atoms with van der Waals surface area (Å²) in [5.41, 5.74) is 0. The van der Waals surface area contributed by atoms with E-state index in [9.17, 15) is 9.59 Å². The molecule has 0 amide bonds. The molecule has 0 fully saturated rings. The Hall–Kier alpha value is -1.06. The molecule has 0 aliphatic carbocycles. The highest BCUT2D eigenvalue weighted by Gasteiger charge is 2.04. The van der Waals surface area contributed by atoms with Crippen LogP contribution in [0.1, 0.15) is 155 Å². The van der Waals surface area contributed by atoms with Crippen LogP contribution in [0.3, 0.4) is 0 Å². The molecule has 0 aromatic rings. The first kappa shape index (κ1) is 30.9. The summed E-state index contributed by atoms with van der Waals surface area (Å²) in [7, 11) is 0. The van der Waals surface area contributed by atoms with Crippen molar-refractivity contribution in [3.05, 3.63) is 0 Å². The Morgan fingerprint density at radius 3 is 1.06 bits per heavy atom. The van der Waals surface area contributed by atoms with Crippen molar-refractivity contribution < 1.29 is 19.1 Å². The number of rotatable bonds is 25. The number of hydrogen-bond donors (Lipinski definition) is 0. The summed E-state index contributed by atoms with van der Waals surface area (Å²) in [4.78, 5) is 23.4. The molecule has 0 heterocycles. The first-order chi connectivity index (χ1) is 15.7. The minimum atomic E-state index is -0.0494. The minimum Gasteiger partial charge on any atom is -0.466 e. The summed E-state index contributed by atoms with van der Waals surface area (Å²) in [6.45, 7) is 5.60. The van der Waals surface area contributed by atoms with Gasteiger partial charge in [-0.15, -0.1) is 0 Å². The average Bonchev–Trinajstić information content (AvgIpc) is 2.79. The quantitative estimate of drug-likeness (QED) is 0.102. The van der Waals surface area contributed by atoms with Crippen LogP contribution in [0.15, 0.2) is 0 Å². The second kappa shape index (κ2) is 26.2. The normalized spacial score (nSPS) is 10.9. The highest BCUT2D eigenvalue weighted by molar-refractivity contribution is 5.69. The van der Waals surface area contributed by atoms with Crippen LogP contribution in [-0.4, -0.2) is 25.2 Å². The van der Waals surface area contributed by atoms with Gasteiger partial charge < -0.3 is 9.47 Å². The topological polar surface area (TPSA) is 52.6 Å². The molecule has 32 heavy (non-hydrogen) atoms. The highest BCUT2D eigenvalue weighted by atomic mass is 16.5. The van der Waals surface area contributed by atoms with Crippen LogP contribution >= 0.6 is 0 Å². The van der Waals surface area contributed by atoms with Gasteiger partial charge in [0.1, 0.15) is 0 Å². The van der Waals surface area contributed by atoms with Gasteiger partial charge in [0.25, 0.3) is 0 Å². The Labute approximate surface area is 199 Å². The van der Waals surface area contributed by atoms with Crippen molar-refractivity contribution in [1.82, 2.24) is 0 Å². The third-order valence-electron chi connectivity index (χ3n) is 6.03. The monoisotopic (exact) mass is 454 g/mol. The van der Waals surface area contributed by atoms with Gasteiger partial charge in [0.05, 0.1) is 13.2 Å². The lowest BCUT2D eigenvalue weighted by atomic mass is 10.1. The van der Waals surface area contributed by atoms with Crippen LogP contribution in [0.2, 0.25) is 0 Å². The molecule has 4 heteroatoms. The molecule has 0 spiro atoms. The van der Waals surface area contributed by atoms with E-state index in [-0.39, 0.29) is 11.9 Å². The van der Waals surface area contributed by atoms with Crippen LogP contribution in [0.25, 0.3) is 0 Å². The Morgan fingerprint density at radius 2 is 0.688 bits per heavy atom. The fourth-order valence-corrected chi connectivity index (χ4v) is 3.88. The zero-order valence-corrected chi connectivity index (χ0v) is 21.6. The maximum absolute atomic E-state index is 11.8. The van der Waals surface area contributed by atoms with Crippen molar-refractivity contribution in [1.29, 1.82) is 0 Å². The predicted molar refractivity (Wildman–Crippen MR) is 135 cm³/mol. The standard InChI is InChI=1S/C28H54O4/c1-3-5-7-9-10-11-12-15-18-22-26-32-28(30)24-20-17-14-13-16-19-23-27(29)31-25-21-8-6-4-2/h3-26H2,1-2H3.